The zero-order chi connectivity index (χ0) is 38.4. The van der Waals surface area contributed by atoms with Crippen LogP contribution in [0.1, 0.15) is 43.6 Å². The number of nitrogens with zero attached hydrogens (tertiary/aromatic N) is 1. The van der Waals surface area contributed by atoms with Crippen molar-refractivity contribution in [2.45, 2.75) is 38.0 Å². The number of thiophene rings is 1. The van der Waals surface area contributed by atoms with Crippen LogP contribution >= 0.6 is 11.3 Å². The number of hydrogen-bond acceptors (Lipinski definition) is 2. The van der Waals surface area contributed by atoms with Gasteiger partial charge in [0.25, 0.3) is 0 Å². The van der Waals surface area contributed by atoms with Gasteiger partial charge in [-0.25, -0.2) is 0 Å². The Morgan fingerprint density at radius 2 is 0.914 bits per heavy atom. The van der Waals surface area contributed by atoms with Crippen LogP contribution in [0.3, 0.4) is 0 Å². The molecule has 10 aromatic rings. The maximum absolute atomic E-state index is 2.52. The molecule has 0 saturated heterocycles. The summed E-state index contributed by atoms with van der Waals surface area (Å²) >= 11 is 1.88. The summed E-state index contributed by atoms with van der Waals surface area (Å²) in [5.74, 6) is 0.588. The van der Waals surface area contributed by atoms with Gasteiger partial charge in [0.2, 0.25) is 0 Å². The third-order valence-electron chi connectivity index (χ3n) is 12.5. The van der Waals surface area contributed by atoms with Crippen LogP contribution in [-0.4, -0.2) is 0 Å². The minimum Gasteiger partial charge on any atom is -0.309 e. The standard InChI is InChI=1S/C56H43NS/c1-2-16-39(17-3-1)45-27-13-20-41-21-14-28-48(55(41)45)46-23-6-9-30-51(46)57(42-36-34-40(35-37-42)44-26-12-19-38-18-4-5-22-43(38)44)52-31-10-7-24-47(52)49-29-15-33-54-56(49)50-25-8-11-32-53(50)58-54/h4-15,18-37,39H,1-3,16-17H2. The van der Waals surface area contributed by atoms with Crippen molar-refractivity contribution < 1.29 is 0 Å². The highest BCUT2D eigenvalue weighted by molar-refractivity contribution is 7.25. The molecule has 2 heteroatoms. The Morgan fingerprint density at radius 3 is 1.67 bits per heavy atom. The molecule has 1 fully saturated rings. The van der Waals surface area contributed by atoms with Crippen LogP contribution in [0.2, 0.25) is 0 Å². The van der Waals surface area contributed by atoms with Crippen LogP contribution in [0.5, 0.6) is 0 Å². The van der Waals surface area contributed by atoms with Gasteiger partial charge in [-0.2, -0.15) is 0 Å². The van der Waals surface area contributed by atoms with Gasteiger partial charge in [0.15, 0.2) is 0 Å². The van der Waals surface area contributed by atoms with Crippen molar-refractivity contribution in [2.24, 2.45) is 0 Å². The normalized spacial score (nSPS) is 13.4. The molecular formula is C56H43NS. The Kier molecular flexibility index (Phi) is 8.86. The van der Waals surface area contributed by atoms with Gasteiger partial charge in [-0.1, -0.05) is 177 Å². The van der Waals surface area contributed by atoms with Gasteiger partial charge in [0, 0.05) is 37.0 Å². The lowest BCUT2D eigenvalue weighted by Gasteiger charge is -2.31. The van der Waals surface area contributed by atoms with Crippen LogP contribution in [0.4, 0.5) is 17.1 Å². The molecule has 0 aliphatic heterocycles. The van der Waals surface area contributed by atoms with E-state index in [1.54, 1.807) is 0 Å². The molecule has 278 valence electrons. The molecule has 1 saturated carbocycles. The molecule has 1 aliphatic carbocycles. The molecular weight excluding hydrogens is 719 g/mol. The Bertz CT molecular complexity index is 3100. The van der Waals surface area contributed by atoms with E-state index < -0.39 is 0 Å². The minimum atomic E-state index is 0.588. The Balaban J connectivity index is 1.15. The number of anilines is 3. The molecule has 0 amide bonds. The first-order valence-electron chi connectivity index (χ1n) is 20.8. The fourth-order valence-corrected chi connectivity index (χ4v) is 10.9. The van der Waals surface area contributed by atoms with Crippen molar-refractivity contribution in [3.05, 3.63) is 200 Å². The zero-order valence-electron chi connectivity index (χ0n) is 32.4. The van der Waals surface area contributed by atoms with Gasteiger partial charge >= 0.3 is 0 Å². The highest BCUT2D eigenvalue weighted by atomic mass is 32.1. The molecule has 9 aromatic carbocycles. The number of benzene rings is 9. The molecule has 0 spiro atoms. The van der Waals surface area contributed by atoms with E-state index in [1.165, 1.54) is 118 Å². The first-order chi connectivity index (χ1) is 28.8. The van der Waals surface area contributed by atoms with Gasteiger partial charge in [0.05, 0.1) is 11.4 Å². The lowest BCUT2D eigenvalue weighted by Crippen LogP contribution is -2.12. The second kappa shape index (κ2) is 14.8. The molecule has 1 nitrogen and oxygen atoms in total. The largest absolute Gasteiger partial charge is 0.309 e. The SMILES string of the molecule is c1ccc(N(c2ccc(-c3cccc4ccccc34)cc2)c2ccccc2-c2cccc3sc4ccccc4c23)c(-c2cccc3cccc(C4CCCCC4)c23)c1. The third-order valence-corrected chi connectivity index (χ3v) is 13.6. The van der Waals surface area contributed by atoms with Gasteiger partial charge < -0.3 is 4.90 Å². The molecule has 11 rings (SSSR count). The van der Waals surface area contributed by atoms with Crippen molar-refractivity contribution in [3.8, 4) is 33.4 Å². The van der Waals surface area contributed by atoms with E-state index in [0.29, 0.717) is 5.92 Å². The number of rotatable bonds is 7. The summed E-state index contributed by atoms with van der Waals surface area (Å²) in [6, 6.07) is 72.3. The number of para-hydroxylation sites is 2. The van der Waals surface area contributed by atoms with Crippen LogP contribution in [-0.2, 0) is 0 Å². The smallest absolute Gasteiger partial charge is 0.0540 e. The van der Waals surface area contributed by atoms with Crippen LogP contribution < -0.4 is 4.90 Å². The molecule has 1 aromatic heterocycles. The predicted molar refractivity (Wildman–Crippen MR) is 251 cm³/mol. The Labute approximate surface area is 344 Å². The summed E-state index contributed by atoms with van der Waals surface area (Å²) < 4.78 is 2.63. The van der Waals surface area contributed by atoms with E-state index in [9.17, 15) is 0 Å². The summed E-state index contributed by atoms with van der Waals surface area (Å²) in [5, 5.41) is 7.88. The fraction of sp³-hybridized carbons (Fsp3) is 0.107. The van der Waals surface area contributed by atoms with Gasteiger partial charge in [-0.05, 0) is 105 Å². The molecule has 0 N–H and O–H groups in total. The van der Waals surface area contributed by atoms with Crippen LogP contribution in [0.15, 0.2) is 194 Å². The van der Waals surface area contributed by atoms with Crippen LogP contribution in [0, 0.1) is 0 Å². The Hall–Kier alpha value is -6.48. The zero-order valence-corrected chi connectivity index (χ0v) is 33.3. The van der Waals surface area contributed by atoms with E-state index >= 15 is 0 Å². The fourth-order valence-electron chi connectivity index (χ4n) is 9.82. The number of fused-ring (bicyclic) bond motifs is 5. The lowest BCUT2D eigenvalue weighted by atomic mass is 9.80. The van der Waals surface area contributed by atoms with E-state index in [-0.39, 0.29) is 0 Å². The number of hydrogen-bond donors (Lipinski definition) is 0. The molecule has 0 atom stereocenters. The van der Waals surface area contributed by atoms with Crippen molar-refractivity contribution in [3.63, 3.8) is 0 Å². The maximum atomic E-state index is 2.52. The van der Waals surface area contributed by atoms with E-state index in [4.69, 9.17) is 0 Å². The summed E-state index contributed by atoms with van der Waals surface area (Å²) in [6.07, 6.45) is 6.50. The molecule has 1 aliphatic rings. The van der Waals surface area contributed by atoms with E-state index in [2.05, 4.69) is 199 Å². The second-order valence-corrected chi connectivity index (χ2v) is 16.9. The van der Waals surface area contributed by atoms with Gasteiger partial charge in [0.1, 0.15) is 0 Å². The molecule has 58 heavy (non-hydrogen) atoms. The first kappa shape index (κ1) is 34.7. The highest BCUT2D eigenvalue weighted by Gasteiger charge is 2.25. The minimum absolute atomic E-state index is 0.588. The third kappa shape index (κ3) is 5.99. The first-order valence-corrected chi connectivity index (χ1v) is 21.6. The highest BCUT2D eigenvalue weighted by Crippen LogP contribution is 2.49. The summed E-state index contributed by atoms with van der Waals surface area (Å²) in [6.45, 7) is 0. The van der Waals surface area contributed by atoms with Gasteiger partial charge in [-0.15, -0.1) is 11.3 Å². The molecule has 0 unspecified atom stereocenters. The van der Waals surface area contributed by atoms with E-state index in [1.807, 2.05) is 11.3 Å². The molecule has 0 radical (unpaired) electrons. The summed E-state index contributed by atoms with van der Waals surface area (Å²) in [4.78, 5) is 2.52. The second-order valence-electron chi connectivity index (χ2n) is 15.8. The van der Waals surface area contributed by atoms with Crippen LogP contribution in [0.25, 0.3) is 75.1 Å². The topological polar surface area (TPSA) is 3.24 Å². The van der Waals surface area contributed by atoms with Crippen molar-refractivity contribution in [1.29, 1.82) is 0 Å². The quantitative estimate of drug-likeness (QED) is 0.156. The van der Waals surface area contributed by atoms with Crippen molar-refractivity contribution in [1.82, 2.24) is 0 Å². The van der Waals surface area contributed by atoms with Crippen molar-refractivity contribution in [2.75, 3.05) is 4.90 Å². The lowest BCUT2D eigenvalue weighted by molar-refractivity contribution is 0.445. The monoisotopic (exact) mass is 761 g/mol. The average molecular weight is 762 g/mol. The van der Waals surface area contributed by atoms with Gasteiger partial charge in [-0.3, -0.25) is 0 Å². The summed E-state index contributed by atoms with van der Waals surface area (Å²) in [7, 11) is 0. The maximum Gasteiger partial charge on any atom is 0.0540 e. The van der Waals surface area contributed by atoms with Crippen molar-refractivity contribution >= 4 is 70.1 Å². The van der Waals surface area contributed by atoms with E-state index in [0.717, 1.165) is 11.4 Å². The average Bonchev–Trinajstić information content (AvgIpc) is 3.69. The Morgan fingerprint density at radius 1 is 0.379 bits per heavy atom. The summed E-state index contributed by atoms with van der Waals surface area (Å²) in [5.41, 5.74) is 12.4. The molecule has 1 heterocycles. The molecule has 0 bridgehead atoms. The predicted octanol–water partition coefficient (Wildman–Crippen LogP) is 16.9.